The Morgan fingerprint density at radius 1 is 1.22 bits per heavy atom. The van der Waals surface area contributed by atoms with Gasteiger partial charge in [-0.15, -0.1) is 0 Å². The van der Waals surface area contributed by atoms with Crippen LogP contribution in [0.3, 0.4) is 0 Å². The summed E-state index contributed by atoms with van der Waals surface area (Å²) in [4.78, 5) is 20.2. The number of carbonyl (C=O) groups excluding carboxylic acids is 1. The molecule has 0 saturated heterocycles. The average Bonchev–Trinajstić information content (AvgIpc) is 3.59. The van der Waals surface area contributed by atoms with Crippen molar-refractivity contribution in [2.75, 3.05) is 13.7 Å². The normalized spacial score (nSPS) is 23.8. The fourth-order valence-corrected chi connectivity index (χ4v) is 5.19. The van der Waals surface area contributed by atoms with Gasteiger partial charge in [0, 0.05) is 23.9 Å². The SMILES string of the molecule is COC(=O)[C@H]1CC[C@@]2(C=C(c3nc(-n4ccnc4C(F)(F)F)ccc3O)CO2)[C@@H]1c1ccc(F)cc1. The Kier molecular flexibility index (Phi) is 5.82. The van der Waals surface area contributed by atoms with Crippen LogP contribution in [0.1, 0.15) is 35.8 Å². The number of esters is 1. The maximum absolute atomic E-state index is 13.6. The number of carbonyl (C=O) groups is 1. The van der Waals surface area contributed by atoms with Gasteiger partial charge in [0.25, 0.3) is 0 Å². The van der Waals surface area contributed by atoms with Gasteiger partial charge in [-0.05, 0) is 48.7 Å². The Bertz CT molecular complexity index is 1340. The van der Waals surface area contributed by atoms with E-state index in [1.54, 1.807) is 18.2 Å². The van der Waals surface area contributed by atoms with E-state index < -0.39 is 41.2 Å². The molecule has 5 rings (SSSR count). The van der Waals surface area contributed by atoms with Crippen LogP contribution in [-0.2, 0) is 20.4 Å². The van der Waals surface area contributed by atoms with Gasteiger partial charge < -0.3 is 14.6 Å². The Morgan fingerprint density at radius 2 is 1.97 bits per heavy atom. The van der Waals surface area contributed by atoms with E-state index in [1.165, 1.54) is 31.4 Å². The van der Waals surface area contributed by atoms with E-state index >= 15 is 0 Å². The van der Waals surface area contributed by atoms with E-state index in [4.69, 9.17) is 9.47 Å². The molecule has 3 atom stereocenters. The monoisotopic (exact) mass is 503 g/mol. The van der Waals surface area contributed by atoms with Crippen LogP contribution in [0.2, 0.25) is 0 Å². The number of halogens is 4. The first-order valence-electron chi connectivity index (χ1n) is 11.1. The molecule has 188 valence electrons. The van der Waals surface area contributed by atoms with Crippen LogP contribution >= 0.6 is 0 Å². The van der Waals surface area contributed by atoms with Crippen molar-refractivity contribution in [3.63, 3.8) is 0 Å². The van der Waals surface area contributed by atoms with Crippen molar-refractivity contribution >= 4 is 11.5 Å². The van der Waals surface area contributed by atoms with Gasteiger partial charge in [-0.1, -0.05) is 12.1 Å². The zero-order chi connectivity index (χ0) is 25.7. The van der Waals surface area contributed by atoms with Gasteiger partial charge in [-0.3, -0.25) is 9.36 Å². The minimum atomic E-state index is -4.70. The number of pyridine rings is 1. The highest BCUT2D eigenvalue weighted by molar-refractivity contribution is 5.77. The molecule has 0 radical (unpaired) electrons. The summed E-state index contributed by atoms with van der Waals surface area (Å²) >= 11 is 0. The highest BCUT2D eigenvalue weighted by atomic mass is 19.4. The smallest absolute Gasteiger partial charge is 0.450 e. The number of ether oxygens (including phenoxy) is 2. The van der Waals surface area contributed by atoms with E-state index in [0.29, 0.717) is 24.0 Å². The van der Waals surface area contributed by atoms with Gasteiger partial charge in [0.2, 0.25) is 5.82 Å². The van der Waals surface area contributed by atoms with Crippen LogP contribution in [0.4, 0.5) is 17.6 Å². The van der Waals surface area contributed by atoms with E-state index in [-0.39, 0.29) is 23.9 Å². The maximum Gasteiger partial charge on any atom is 0.450 e. The summed E-state index contributed by atoms with van der Waals surface area (Å²) in [6, 6.07) is 8.29. The zero-order valence-corrected chi connectivity index (χ0v) is 19.0. The molecule has 3 heterocycles. The first kappa shape index (κ1) is 24.0. The Labute approximate surface area is 203 Å². The van der Waals surface area contributed by atoms with Crippen molar-refractivity contribution in [2.45, 2.75) is 30.5 Å². The third-order valence-corrected chi connectivity index (χ3v) is 6.73. The standard InChI is InChI=1S/C25H21F4N3O4/c1-35-22(34)17-8-9-24(20(17)14-2-4-16(26)5-3-14)12-15(13-36-24)21-18(33)6-7-19(31-21)32-11-10-30-23(32)25(27,28)29/h2-7,10-12,17,20,33H,8-9,13H2,1H3/t17-,20+,24+/m0/s1. The first-order valence-corrected chi connectivity index (χ1v) is 11.1. The largest absolute Gasteiger partial charge is 0.506 e. The van der Waals surface area contributed by atoms with E-state index in [2.05, 4.69) is 9.97 Å². The van der Waals surface area contributed by atoms with Crippen LogP contribution in [0.5, 0.6) is 5.75 Å². The summed E-state index contributed by atoms with van der Waals surface area (Å²) in [5.41, 5.74) is 0.231. The van der Waals surface area contributed by atoms with E-state index in [1.807, 2.05) is 0 Å². The molecular formula is C25H21F4N3O4. The molecule has 2 aliphatic rings. The molecule has 3 aromatic rings. The number of aromatic nitrogens is 3. The molecule has 1 spiro atoms. The van der Waals surface area contributed by atoms with Crippen LogP contribution < -0.4 is 0 Å². The van der Waals surface area contributed by atoms with Gasteiger partial charge in [0.05, 0.1) is 25.2 Å². The van der Waals surface area contributed by atoms with Gasteiger partial charge >= 0.3 is 12.1 Å². The van der Waals surface area contributed by atoms with Gasteiger partial charge in [-0.2, -0.15) is 13.2 Å². The van der Waals surface area contributed by atoms with Crippen molar-refractivity contribution in [3.8, 4) is 11.6 Å². The number of aromatic hydroxyl groups is 1. The summed E-state index contributed by atoms with van der Waals surface area (Å²) < 4.78 is 65.7. The molecule has 0 amide bonds. The number of nitrogens with zero attached hydrogens (tertiary/aromatic N) is 3. The van der Waals surface area contributed by atoms with E-state index in [0.717, 1.165) is 17.0 Å². The topological polar surface area (TPSA) is 86.5 Å². The predicted octanol–water partition coefficient (Wildman–Crippen LogP) is 4.65. The molecular weight excluding hydrogens is 482 g/mol. The second-order valence-corrected chi connectivity index (χ2v) is 8.77. The number of alkyl halides is 3. The molecule has 1 aliphatic heterocycles. The summed E-state index contributed by atoms with van der Waals surface area (Å²) in [7, 11) is 1.30. The van der Waals surface area contributed by atoms with Crippen LogP contribution in [0.15, 0.2) is 54.9 Å². The summed E-state index contributed by atoms with van der Waals surface area (Å²) in [5, 5.41) is 10.5. The van der Waals surface area contributed by atoms with Gasteiger partial charge in [0.1, 0.15) is 23.1 Å². The number of methoxy groups -OCH3 is 1. The van der Waals surface area contributed by atoms with Crippen LogP contribution in [0.25, 0.3) is 11.4 Å². The number of hydrogen-bond acceptors (Lipinski definition) is 6. The second-order valence-electron chi connectivity index (χ2n) is 8.77. The molecule has 1 aliphatic carbocycles. The lowest BCUT2D eigenvalue weighted by Gasteiger charge is -2.31. The Balaban J connectivity index is 1.56. The highest BCUT2D eigenvalue weighted by Crippen LogP contribution is 2.54. The third-order valence-electron chi connectivity index (χ3n) is 6.73. The lowest BCUT2D eigenvalue weighted by Crippen LogP contribution is -2.34. The number of imidazole rings is 1. The van der Waals surface area contributed by atoms with Gasteiger partial charge in [0.15, 0.2) is 0 Å². The van der Waals surface area contributed by atoms with Crippen molar-refractivity contribution in [1.29, 1.82) is 0 Å². The minimum Gasteiger partial charge on any atom is -0.506 e. The lowest BCUT2D eigenvalue weighted by atomic mass is 9.79. The average molecular weight is 503 g/mol. The summed E-state index contributed by atoms with van der Waals surface area (Å²) in [6.45, 7) is 0.00561. The van der Waals surface area contributed by atoms with Crippen molar-refractivity contribution in [1.82, 2.24) is 14.5 Å². The number of rotatable bonds is 4. The molecule has 11 heteroatoms. The van der Waals surface area contributed by atoms with E-state index in [9.17, 15) is 27.5 Å². The molecule has 1 aromatic carbocycles. The predicted molar refractivity (Wildman–Crippen MR) is 119 cm³/mol. The fraction of sp³-hybridized carbons (Fsp3) is 0.320. The van der Waals surface area contributed by atoms with Crippen molar-refractivity contribution in [3.05, 3.63) is 77.8 Å². The van der Waals surface area contributed by atoms with Crippen LogP contribution in [-0.4, -0.2) is 44.9 Å². The number of hydrogen-bond donors (Lipinski definition) is 1. The van der Waals surface area contributed by atoms with Gasteiger partial charge in [-0.25, -0.2) is 14.4 Å². The van der Waals surface area contributed by atoms with Crippen molar-refractivity contribution in [2.24, 2.45) is 5.92 Å². The maximum atomic E-state index is 13.6. The molecule has 1 saturated carbocycles. The fourth-order valence-electron chi connectivity index (χ4n) is 5.19. The summed E-state index contributed by atoms with van der Waals surface area (Å²) in [6.07, 6.45) is 0.102. The second kappa shape index (κ2) is 8.74. The molecule has 36 heavy (non-hydrogen) atoms. The molecule has 0 bridgehead atoms. The number of benzene rings is 1. The molecule has 1 fully saturated rings. The minimum absolute atomic E-state index is 0.00561. The zero-order valence-electron chi connectivity index (χ0n) is 19.0. The molecule has 2 aromatic heterocycles. The Morgan fingerprint density at radius 3 is 2.67 bits per heavy atom. The molecule has 1 N–H and O–H groups in total. The van der Waals surface area contributed by atoms with Crippen LogP contribution in [0, 0.1) is 11.7 Å². The summed E-state index contributed by atoms with van der Waals surface area (Å²) in [5.74, 6) is -3.36. The van der Waals surface area contributed by atoms with Crippen molar-refractivity contribution < 1.29 is 36.9 Å². The lowest BCUT2D eigenvalue weighted by molar-refractivity contribution is -0.147. The Hall–Kier alpha value is -3.73. The first-order chi connectivity index (χ1) is 17.1. The third kappa shape index (κ3) is 4.02. The highest BCUT2D eigenvalue weighted by Gasteiger charge is 2.54. The quantitative estimate of drug-likeness (QED) is 0.412. The molecule has 0 unspecified atom stereocenters. The molecule has 7 nitrogen and oxygen atoms in total.